The van der Waals surface area contributed by atoms with Crippen LogP contribution in [0.1, 0.15) is 18.1 Å². The minimum absolute atomic E-state index is 0.176. The largest absolute Gasteiger partial charge is 0.495 e. The maximum absolute atomic E-state index is 11.2. The number of aromatic nitrogens is 1. The molecule has 0 bridgehead atoms. The van der Waals surface area contributed by atoms with Crippen LogP contribution in [-0.4, -0.2) is 18.0 Å². The SMILES string of the molecule is COc1ccc(CNc2ncc(C#N)cc2Cl)cc1NC(C)=O. The number of pyridine rings is 1. The number of carbonyl (C=O) groups excluding carboxylic acids is 1. The zero-order valence-corrected chi connectivity index (χ0v) is 13.4. The minimum Gasteiger partial charge on any atom is -0.495 e. The van der Waals surface area contributed by atoms with Crippen LogP contribution in [0.3, 0.4) is 0 Å². The predicted molar refractivity (Wildman–Crippen MR) is 88.6 cm³/mol. The van der Waals surface area contributed by atoms with Gasteiger partial charge < -0.3 is 15.4 Å². The monoisotopic (exact) mass is 330 g/mol. The number of hydrogen-bond donors (Lipinski definition) is 2. The summed E-state index contributed by atoms with van der Waals surface area (Å²) in [5.74, 6) is 0.895. The highest BCUT2D eigenvalue weighted by molar-refractivity contribution is 6.33. The van der Waals surface area contributed by atoms with Gasteiger partial charge in [-0.2, -0.15) is 5.26 Å². The molecule has 0 atom stereocenters. The molecule has 1 heterocycles. The Kier molecular flexibility index (Phi) is 5.39. The van der Waals surface area contributed by atoms with Crippen molar-refractivity contribution in [2.75, 3.05) is 17.7 Å². The topological polar surface area (TPSA) is 87.0 Å². The first-order valence-corrected chi connectivity index (χ1v) is 7.15. The van der Waals surface area contributed by atoms with Crippen molar-refractivity contribution < 1.29 is 9.53 Å². The van der Waals surface area contributed by atoms with Gasteiger partial charge in [-0.15, -0.1) is 0 Å². The van der Waals surface area contributed by atoms with E-state index in [2.05, 4.69) is 15.6 Å². The van der Waals surface area contributed by atoms with Crippen LogP contribution in [0.4, 0.5) is 11.5 Å². The molecule has 2 rings (SSSR count). The van der Waals surface area contributed by atoms with E-state index in [0.29, 0.717) is 34.4 Å². The molecular formula is C16H15ClN4O2. The highest BCUT2D eigenvalue weighted by atomic mass is 35.5. The Morgan fingerprint density at radius 2 is 2.22 bits per heavy atom. The van der Waals surface area contributed by atoms with Crippen molar-refractivity contribution in [2.24, 2.45) is 0 Å². The lowest BCUT2D eigenvalue weighted by atomic mass is 10.1. The van der Waals surface area contributed by atoms with Crippen molar-refractivity contribution in [2.45, 2.75) is 13.5 Å². The molecule has 2 N–H and O–H groups in total. The zero-order valence-electron chi connectivity index (χ0n) is 12.7. The lowest BCUT2D eigenvalue weighted by Crippen LogP contribution is -2.08. The quantitative estimate of drug-likeness (QED) is 0.879. The predicted octanol–water partition coefficient (Wildman–Crippen LogP) is 3.19. The average Bonchev–Trinajstić information content (AvgIpc) is 2.53. The molecule has 0 spiro atoms. The molecule has 1 amide bonds. The number of carbonyl (C=O) groups is 1. The molecular weight excluding hydrogens is 316 g/mol. The zero-order chi connectivity index (χ0) is 16.8. The Balaban J connectivity index is 2.14. The molecule has 2 aromatic rings. The van der Waals surface area contributed by atoms with Crippen LogP contribution in [-0.2, 0) is 11.3 Å². The van der Waals surface area contributed by atoms with Crippen LogP contribution in [0.2, 0.25) is 5.02 Å². The molecule has 0 saturated heterocycles. The normalized spacial score (nSPS) is 9.83. The third-order valence-electron chi connectivity index (χ3n) is 3.00. The third kappa shape index (κ3) is 4.34. The van der Waals surface area contributed by atoms with Crippen molar-refractivity contribution in [3.8, 4) is 11.8 Å². The number of amides is 1. The Hall–Kier alpha value is -2.78. The van der Waals surface area contributed by atoms with Crippen LogP contribution in [0.5, 0.6) is 5.75 Å². The van der Waals surface area contributed by atoms with Crippen molar-refractivity contribution in [1.82, 2.24) is 4.98 Å². The van der Waals surface area contributed by atoms with Gasteiger partial charge in [0.2, 0.25) is 5.91 Å². The van der Waals surface area contributed by atoms with Gasteiger partial charge >= 0.3 is 0 Å². The van der Waals surface area contributed by atoms with Gasteiger partial charge in [0.1, 0.15) is 17.6 Å². The van der Waals surface area contributed by atoms with Crippen LogP contribution in [0.15, 0.2) is 30.5 Å². The van der Waals surface area contributed by atoms with Gasteiger partial charge in [-0.1, -0.05) is 17.7 Å². The number of nitrogens with one attached hydrogen (secondary N) is 2. The number of nitriles is 1. The Morgan fingerprint density at radius 3 is 2.83 bits per heavy atom. The first-order valence-electron chi connectivity index (χ1n) is 6.77. The van der Waals surface area contributed by atoms with Crippen molar-refractivity contribution in [3.05, 3.63) is 46.6 Å². The number of hydrogen-bond acceptors (Lipinski definition) is 5. The smallest absolute Gasteiger partial charge is 0.221 e. The van der Waals surface area contributed by atoms with Crippen LogP contribution >= 0.6 is 11.6 Å². The molecule has 0 aliphatic carbocycles. The van der Waals surface area contributed by atoms with E-state index >= 15 is 0 Å². The van der Waals surface area contributed by atoms with E-state index < -0.39 is 0 Å². The number of ether oxygens (including phenoxy) is 1. The van der Waals surface area contributed by atoms with E-state index in [1.807, 2.05) is 18.2 Å². The number of halogens is 1. The summed E-state index contributed by atoms with van der Waals surface area (Å²) < 4.78 is 5.21. The van der Waals surface area contributed by atoms with E-state index in [0.717, 1.165) is 5.56 Å². The Bertz CT molecular complexity index is 771. The van der Waals surface area contributed by atoms with Crippen molar-refractivity contribution >= 4 is 29.0 Å². The summed E-state index contributed by atoms with van der Waals surface area (Å²) in [6, 6.07) is 8.98. The van der Waals surface area contributed by atoms with Crippen LogP contribution in [0, 0.1) is 11.3 Å². The summed E-state index contributed by atoms with van der Waals surface area (Å²) in [6.45, 7) is 1.89. The number of rotatable bonds is 5. The third-order valence-corrected chi connectivity index (χ3v) is 3.29. The van der Waals surface area contributed by atoms with Crippen molar-refractivity contribution in [1.29, 1.82) is 5.26 Å². The van der Waals surface area contributed by atoms with E-state index in [1.165, 1.54) is 13.1 Å². The standard InChI is InChI=1S/C16H15ClN4O2/c1-10(22)21-14-6-11(3-4-15(14)23-2)8-19-16-13(17)5-12(7-18)9-20-16/h3-6,9H,8H2,1-2H3,(H,19,20)(H,21,22). The number of benzene rings is 1. The number of nitrogens with zero attached hydrogens (tertiary/aromatic N) is 2. The molecule has 23 heavy (non-hydrogen) atoms. The molecule has 0 aliphatic rings. The van der Waals surface area contributed by atoms with Gasteiger partial charge in [0, 0.05) is 19.7 Å². The molecule has 7 heteroatoms. The van der Waals surface area contributed by atoms with Crippen molar-refractivity contribution in [3.63, 3.8) is 0 Å². The highest BCUT2D eigenvalue weighted by Gasteiger charge is 2.07. The summed E-state index contributed by atoms with van der Waals surface area (Å²) >= 11 is 6.07. The fourth-order valence-electron chi connectivity index (χ4n) is 1.97. The highest BCUT2D eigenvalue weighted by Crippen LogP contribution is 2.26. The fourth-order valence-corrected chi connectivity index (χ4v) is 2.20. The summed E-state index contributed by atoms with van der Waals surface area (Å²) in [5.41, 5.74) is 1.91. The van der Waals surface area contributed by atoms with Crippen LogP contribution < -0.4 is 15.4 Å². The van der Waals surface area contributed by atoms with Gasteiger partial charge in [-0.3, -0.25) is 4.79 Å². The van der Waals surface area contributed by atoms with Gasteiger partial charge in [0.25, 0.3) is 0 Å². The summed E-state index contributed by atoms with van der Waals surface area (Å²) in [7, 11) is 1.54. The molecule has 0 unspecified atom stereocenters. The van der Waals surface area contributed by atoms with Gasteiger partial charge in [0.05, 0.1) is 23.4 Å². The van der Waals surface area contributed by atoms with Crippen LogP contribution in [0.25, 0.3) is 0 Å². The number of methoxy groups -OCH3 is 1. The summed E-state index contributed by atoms with van der Waals surface area (Å²) in [5, 5.41) is 15.0. The van der Waals surface area contributed by atoms with Gasteiger partial charge in [-0.05, 0) is 23.8 Å². The number of anilines is 2. The van der Waals surface area contributed by atoms with Gasteiger partial charge in [0.15, 0.2) is 0 Å². The molecule has 0 fully saturated rings. The molecule has 1 aromatic carbocycles. The lowest BCUT2D eigenvalue weighted by Gasteiger charge is -2.12. The maximum atomic E-state index is 11.2. The first-order chi connectivity index (χ1) is 11.0. The maximum Gasteiger partial charge on any atom is 0.221 e. The van der Waals surface area contributed by atoms with E-state index in [-0.39, 0.29) is 5.91 Å². The second-order valence-corrected chi connectivity index (χ2v) is 5.14. The molecule has 1 aromatic heterocycles. The first kappa shape index (κ1) is 16.6. The van der Waals surface area contributed by atoms with Gasteiger partial charge in [-0.25, -0.2) is 4.98 Å². The molecule has 0 aliphatic heterocycles. The molecule has 0 saturated carbocycles. The lowest BCUT2D eigenvalue weighted by molar-refractivity contribution is -0.114. The summed E-state index contributed by atoms with van der Waals surface area (Å²) in [6.07, 6.45) is 1.45. The van der Waals surface area contributed by atoms with E-state index in [9.17, 15) is 4.79 Å². The molecule has 6 nitrogen and oxygen atoms in total. The second kappa shape index (κ2) is 7.47. The molecule has 0 radical (unpaired) electrons. The Morgan fingerprint density at radius 1 is 1.43 bits per heavy atom. The average molecular weight is 331 g/mol. The molecule has 118 valence electrons. The summed E-state index contributed by atoms with van der Waals surface area (Å²) in [4.78, 5) is 15.3. The van der Waals surface area contributed by atoms with E-state index in [1.54, 1.807) is 19.2 Å². The second-order valence-electron chi connectivity index (χ2n) is 4.74. The minimum atomic E-state index is -0.176. The Labute approximate surface area is 139 Å². The van der Waals surface area contributed by atoms with E-state index in [4.69, 9.17) is 21.6 Å². The fraction of sp³-hybridized carbons (Fsp3) is 0.188.